The van der Waals surface area contributed by atoms with Gasteiger partial charge in [-0.25, -0.2) is 0 Å². The van der Waals surface area contributed by atoms with Gasteiger partial charge in [-0.15, -0.1) is 0 Å². The van der Waals surface area contributed by atoms with E-state index in [0.717, 1.165) is 5.56 Å². The highest BCUT2D eigenvalue weighted by Gasteiger charge is 2.16. The van der Waals surface area contributed by atoms with Gasteiger partial charge in [-0.05, 0) is 25.5 Å². The Bertz CT molecular complexity index is 414. The molecule has 0 radical (unpaired) electrons. The lowest BCUT2D eigenvalue weighted by Gasteiger charge is -2.13. The molecule has 0 fully saturated rings. The average Bonchev–Trinajstić information content (AvgIpc) is 2.07. The average molecular weight is 215 g/mol. The summed E-state index contributed by atoms with van der Waals surface area (Å²) in [6, 6.07) is 7.28. The van der Waals surface area contributed by atoms with Gasteiger partial charge >= 0.3 is 0 Å². The van der Waals surface area contributed by atoms with Crippen LogP contribution in [-0.2, 0) is 10.1 Å². The summed E-state index contributed by atoms with van der Waals surface area (Å²) >= 11 is 0. The molecule has 78 valence electrons. The monoisotopic (exact) mass is 215 g/mol. The summed E-state index contributed by atoms with van der Waals surface area (Å²) in [5.74, 6) is 0. The lowest BCUT2D eigenvalue weighted by Crippen LogP contribution is -2.25. The zero-order valence-electron chi connectivity index (χ0n) is 8.06. The predicted octanol–water partition coefficient (Wildman–Crippen LogP) is 1.64. The van der Waals surface area contributed by atoms with Crippen molar-refractivity contribution in [3.8, 4) is 0 Å². The molecule has 2 N–H and O–H groups in total. The number of anilines is 1. The number of rotatable bonds is 3. The maximum absolute atomic E-state index is 10.7. The third-order valence-electron chi connectivity index (χ3n) is 1.95. The normalized spacial score (nSPS) is 13.6. The minimum Gasteiger partial charge on any atom is -0.367 e. The summed E-state index contributed by atoms with van der Waals surface area (Å²) in [5.41, 5.74) is 1.64. The van der Waals surface area contributed by atoms with Crippen LogP contribution in [0, 0.1) is 6.92 Å². The first-order valence-electron chi connectivity index (χ1n) is 4.19. The Hall–Kier alpha value is -1.07. The van der Waals surface area contributed by atoms with E-state index < -0.39 is 15.5 Å². The maximum atomic E-state index is 10.7. The number of hydrogen-bond acceptors (Lipinski definition) is 3. The largest absolute Gasteiger partial charge is 0.367 e. The van der Waals surface area contributed by atoms with E-state index in [1.165, 1.54) is 6.92 Å². The highest BCUT2D eigenvalue weighted by atomic mass is 32.2. The van der Waals surface area contributed by atoms with E-state index in [-0.39, 0.29) is 0 Å². The number of aryl methyl sites for hydroxylation is 1. The molecule has 1 unspecified atom stereocenters. The smallest absolute Gasteiger partial charge is 0.285 e. The first-order chi connectivity index (χ1) is 6.41. The van der Waals surface area contributed by atoms with Crippen molar-refractivity contribution in [2.75, 3.05) is 5.32 Å². The molecule has 0 aromatic heterocycles. The third kappa shape index (κ3) is 2.71. The van der Waals surface area contributed by atoms with Gasteiger partial charge in [0.15, 0.2) is 5.37 Å². The molecule has 0 saturated carbocycles. The fourth-order valence-corrected chi connectivity index (χ4v) is 1.30. The van der Waals surface area contributed by atoms with Crippen molar-refractivity contribution in [2.24, 2.45) is 0 Å². The summed E-state index contributed by atoms with van der Waals surface area (Å²) in [7, 11) is -4.03. The zero-order chi connectivity index (χ0) is 10.8. The van der Waals surface area contributed by atoms with Crippen LogP contribution < -0.4 is 5.32 Å². The first-order valence-corrected chi connectivity index (χ1v) is 5.70. The van der Waals surface area contributed by atoms with Gasteiger partial charge in [0.25, 0.3) is 10.1 Å². The van der Waals surface area contributed by atoms with Crippen LogP contribution in [0.4, 0.5) is 5.69 Å². The Labute approximate surface area is 83.7 Å². The van der Waals surface area contributed by atoms with Gasteiger partial charge in [0, 0.05) is 5.69 Å². The standard InChI is InChI=1S/C9H13NO3S/c1-7-5-3-4-6-9(7)10-8(2)14(11,12)13/h3-6,8,10H,1-2H3,(H,11,12,13). The van der Waals surface area contributed by atoms with Crippen molar-refractivity contribution in [3.05, 3.63) is 29.8 Å². The van der Waals surface area contributed by atoms with Crippen molar-refractivity contribution in [2.45, 2.75) is 19.2 Å². The SMILES string of the molecule is Cc1ccccc1NC(C)S(=O)(=O)O. The molecule has 1 aromatic carbocycles. The van der Waals surface area contributed by atoms with Gasteiger partial charge in [0.1, 0.15) is 0 Å². The summed E-state index contributed by atoms with van der Waals surface area (Å²) in [5, 5.41) is 1.72. The number of nitrogens with one attached hydrogen (secondary N) is 1. The van der Waals surface area contributed by atoms with Crippen LogP contribution in [0.2, 0.25) is 0 Å². The van der Waals surface area contributed by atoms with Gasteiger partial charge in [-0.2, -0.15) is 8.42 Å². The second kappa shape index (κ2) is 3.98. The molecule has 1 atom stereocenters. The molecule has 0 saturated heterocycles. The maximum Gasteiger partial charge on any atom is 0.285 e. The van der Waals surface area contributed by atoms with E-state index in [4.69, 9.17) is 4.55 Å². The minimum atomic E-state index is -4.03. The van der Waals surface area contributed by atoms with E-state index in [1.54, 1.807) is 12.1 Å². The second-order valence-electron chi connectivity index (χ2n) is 3.12. The lowest BCUT2D eigenvalue weighted by molar-refractivity contribution is 0.475. The lowest BCUT2D eigenvalue weighted by atomic mass is 10.2. The second-order valence-corrected chi connectivity index (χ2v) is 4.85. The van der Waals surface area contributed by atoms with Gasteiger partial charge in [0.05, 0.1) is 0 Å². The number of hydrogen-bond donors (Lipinski definition) is 2. The third-order valence-corrected chi connectivity index (χ3v) is 2.96. The Morgan fingerprint density at radius 1 is 1.36 bits per heavy atom. The molecule has 1 aromatic rings. The van der Waals surface area contributed by atoms with E-state index in [2.05, 4.69) is 5.32 Å². The molecule has 4 nitrogen and oxygen atoms in total. The molecular weight excluding hydrogens is 202 g/mol. The molecule has 0 heterocycles. The molecule has 0 spiro atoms. The van der Waals surface area contributed by atoms with Crippen LogP contribution in [0.5, 0.6) is 0 Å². The van der Waals surface area contributed by atoms with Crippen molar-refractivity contribution in [3.63, 3.8) is 0 Å². The molecule has 0 aliphatic heterocycles. The summed E-state index contributed by atoms with van der Waals surface area (Å²) in [4.78, 5) is 0. The fourth-order valence-electron chi connectivity index (χ4n) is 1.03. The number of para-hydroxylation sites is 1. The summed E-state index contributed by atoms with van der Waals surface area (Å²) < 4.78 is 30.2. The van der Waals surface area contributed by atoms with Gasteiger partial charge in [0.2, 0.25) is 0 Å². The molecule has 0 aliphatic carbocycles. The molecule has 5 heteroatoms. The van der Waals surface area contributed by atoms with Crippen LogP contribution in [0.25, 0.3) is 0 Å². The first kappa shape index (κ1) is 11.0. The Morgan fingerprint density at radius 2 is 1.93 bits per heavy atom. The molecule has 1 rings (SSSR count). The molecule has 0 amide bonds. The van der Waals surface area contributed by atoms with Gasteiger partial charge in [-0.1, -0.05) is 18.2 Å². The molecule has 14 heavy (non-hydrogen) atoms. The minimum absolute atomic E-state index is 0.706. The Kier molecular flexibility index (Phi) is 3.13. The van der Waals surface area contributed by atoms with Gasteiger partial charge < -0.3 is 5.32 Å². The van der Waals surface area contributed by atoms with Crippen LogP contribution in [0.3, 0.4) is 0 Å². The summed E-state index contributed by atoms with van der Waals surface area (Å²) in [6.07, 6.45) is 0. The fraction of sp³-hybridized carbons (Fsp3) is 0.333. The van der Waals surface area contributed by atoms with Crippen molar-refractivity contribution >= 4 is 15.8 Å². The van der Waals surface area contributed by atoms with Crippen molar-refractivity contribution in [1.82, 2.24) is 0 Å². The van der Waals surface area contributed by atoms with E-state index in [0.29, 0.717) is 5.69 Å². The Morgan fingerprint density at radius 3 is 2.43 bits per heavy atom. The predicted molar refractivity (Wildman–Crippen MR) is 55.8 cm³/mol. The van der Waals surface area contributed by atoms with E-state index in [1.807, 2.05) is 19.1 Å². The van der Waals surface area contributed by atoms with Gasteiger partial charge in [-0.3, -0.25) is 4.55 Å². The van der Waals surface area contributed by atoms with Crippen LogP contribution in [0.1, 0.15) is 12.5 Å². The van der Waals surface area contributed by atoms with Crippen molar-refractivity contribution < 1.29 is 13.0 Å². The highest BCUT2D eigenvalue weighted by Crippen LogP contribution is 2.15. The van der Waals surface area contributed by atoms with E-state index >= 15 is 0 Å². The quantitative estimate of drug-likeness (QED) is 0.752. The van der Waals surface area contributed by atoms with Crippen LogP contribution in [-0.4, -0.2) is 18.3 Å². The molecule has 0 aliphatic rings. The van der Waals surface area contributed by atoms with E-state index in [9.17, 15) is 8.42 Å². The molecule has 0 bridgehead atoms. The topological polar surface area (TPSA) is 66.4 Å². The summed E-state index contributed by atoms with van der Waals surface area (Å²) in [6.45, 7) is 3.25. The van der Waals surface area contributed by atoms with Crippen LogP contribution >= 0.6 is 0 Å². The van der Waals surface area contributed by atoms with Crippen molar-refractivity contribution in [1.29, 1.82) is 0 Å². The molecular formula is C9H13NO3S. The Balaban J connectivity index is 2.85. The number of benzene rings is 1. The zero-order valence-corrected chi connectivity index (χ0v) is 8.88. The van der Waals surface area contributed by atoms with Crippen LogP contribution in [0.15, 0.2) is 24.3 Å². The highest BCUT2D eigenvalue weighted by molar-refractivity contribution is 7.86.